The molecule has 1 aliphatic heterocycles. The minimum atomic E-state index is -3.61. The van der Waals surface area contributed by atoms with E-state index in [-0.39, 0.29) is 23.9 Å². The Labute approximate surface area is 157 Å². The number of amides is 1. The molecule has 0 saturated carbocycles. The molecule has 3 rings (SSSR count). The highest BCUT2D eigenvalue weighted by molar-refractivity contribution is 7.89. The zero-order valence-electron chi connectivity index (χ0n) is 14.4. The number of nitriles is 1. The van der Waals surface area contributed by atoms with Gasteiger partial charge in [0.2, 0.25) is 10.0 Å². The summed E-state index contributed by atoms with van der Waals surface area (Å²) in [6, 6.07) is 9.83. The Kier molecular flexibility index (Phi) is 5.41. The summed E-state index contributed by atoms with van der Waals surface area (Å²) in [7, 11) is -3.61. The first kappa shape index (κ1) is 18.6. The van der Waals surface area contributed by atoms with E-state index in [9.17, 15) is 13.2 Å². The molecule has 0 spiro atoms. The van der Waals surface area contributed by atoms with Crippen molar-refractivity contribution >= 4 is 27.3 Å². The monoisotopic (exact) mass is 389 g/mol. The van der Waals surface area contributed by atoms with Crippen molar-refractivity contribution in [2.45, 2.75) is 18.2 Å². The smallest absolute Gasteiger partial charge is 0.264 e. The van der Waals surface area contributed by atoms with Crippen molar-refractivity contribution in [1.29, 1.82) is 5.26 Å². The molecule has 1 aromatic carbocycles. The Hall–Kier alpha value is -2.21. The van der Waals surface area contributed by atoms with Crippen LogP contribution in [-0.2, 0) is 16.4 Å². The Balaban J connectivity index is 1.69. The lowest BCUT2D eigenvalue weighted by Crippen LogP contribution is -2.50. The number of sulfonamides is 1. The number of hydrogen-bond acceptors (Lipinski definition) is 5. The molecule has 1 fully saturated rings. The highest BCUT2D eigenvalue weighted by atomic mass is 32.2. The Morgan fingerprint density at radius 2 is 1.81 bits per heavy atom. The Morgan fingerprint density at radius 3 is 2.38 bits per heavy atom. The van der Waals surface area contributed by atoms with Crippen molar-refractivity contribution in [3.8, 4) is 6.07 Å². The van der Waals surface area contributed by atoms with Crippen molar-refractivity contribution in [2.24, 2.45) is 0 Å². The van der Waals surface area contributed by atoms with E-state index in [0.717, 1.165) is 16.9 Å². The predicted molar refractivity (Wildman–Crippen MR) is 99.5 cm³/mol. The molecule has 6 nitrogen and oxygen atoms in total. The second-order valence-electron chi connectivity index (χ2n) is 5.96. The molecular formula is C18H19N3O3S2. The third kappa shape index (κ3) is 3.51. The van der Waals surface area contributed by atoms with Crippen molar-refractivity contribution in [1.82, 2.24) is 9.21 Å². The van der Waals surface area contributed by atoms with Crippen LogP contribution in [0.1, 0.15) is 27.7 Å². The second kappa shape index (κ2) is 7.58. The molecule has 1 aliphatic rings. The maximum Gasteiger partial charge on any atom is 0.264 e. The average molecular weight is 390 g/mol. The average Bonchev–Trinajstić information content (AvgIpc) is 3.16. The minimum absolute atomic E-state index is 0.0210. The fourth-order valence-electron chi connectivity index (χ4n) is 2.93. The third-order valence-corrected chi connectivity index (χ3v) is 7.33. The van der Waals surface area contributed by atoms with Gasteiger partial charge in [0.05, 0.1) is 21.4 Å². The molecule has 0 bridgehead atoms. The number of carbonyl (C=O) groups is 1. The van der Waals surface area contributed by atoms with E-state index in [4.69, 9.17) is 5.26 Å². The summed E-state index contributed by atoms with van der Waals surface area (Å²) >= 11 is 1.43. The summed E-state index contributed by atoms with van der Waals surface area (Å²) < 4.78 is 26.9. The summed E-state index contributed by atoms with van der Waals surface area (Å²) in [5, 5.41) is 10.7. The molecule has 136 valence electrons. The number of aryl methyl sites for hydroxylation is 1. The quantitative estimate of drug-likeness (QED) is 0.804. The van der Waals surface area contributed by atoms with E-state index in [0.29, 0.717) is 18.7 Å². The highest BCUT2D eigenvalue weighted by Gasteiger charge is 2.31. The van der Waals surface area contributed by atoms with Gasteiger partial charge in [-0.3, -0.25) is 4.79 Å². The predicted octanol–water partition coefficient (Wildman–Crippen LogP) is 2.33. The number of rotatable bonds is 4. The van der Waals surface area contributed by atoms with Crippen LogP contribution in [0.3, 0.4) is 0 Å². The van der Waals surface area contributed by atoms with E-state index in [1.165, 1.54) is 39.9 Å². The van der Waals surface area contributed by atoms with E-state index < -0.39 is 10.0 Å². The summed E-state index contributed by atoms with van der Waals surface area (Å²) in [4.78, 5) is 15.3. The van der Waals surface area contributed by atoms with Crippen LogP contribution in [0.15, 0.2) is 40.6 Å². The van der Waals surface area contributed by atoms with Crippen molar-refractivity contribution < 1.29 is 13.2 Å². The van der Waals surface area contributed by atoms with Gasteiger partial charge >= 0.3 is 0 Å². The first-order valence-corrected chi connectivity index (χ1v) is 10.6. The van der Waals surface area contributed by atoms with Gasteiger partial charge in [-0.2, -0.15) is 9.57 Å². The van der Waals surface area contributed by atoms with Crippen LogP contribution in [0.4, 0.5) is 0 Å². The van der Waals surface area contributed by atoms with Crippen LogP contribution in [0.2, 0.25) is 0 Å². The van der Waals surface area contributed by atoms with Gasteiger partial charge in [0, 0.05) is 26.2 Å². The van der Waals surface area contributed by atoms with Crippen molar-refractivity contribution in [3.63, 3.8) is 0 Å². The fourth-order valence-corrected chi connectivity index (χ4v) is 5.31. The molecule has 26 heavy (non-hydrogen) atoms. The van der Waals surface area contributed by atoms with E-state index >= 15 is 0 Å². The molecule has 1 saturated heterocycles. The van der Waals surface area contributed by atoms with Crippen LogP contribution < -0.4 is 0 Å². The number of carbonyl (C=O) groups excluding carboxylic acids is 1. The molecule has 8 heteroatoms. The molecule has 2 heterocycles. The zero-order valence-corrected chi connectivity index (χ0v) is 16.0. The SMILES string of the molecule is CCc1ccsc1C(=O)N1CCN(S(=O)(=O)c2ccc(C#N)cc2)CC1. The molecule has 0 aliphatic carbocycles. The van der Waals surface area contributed by atoms with Crippen molar-refractivity contribution in [2.75, 3.05) is 26.2 Å². The fraction of sp³-hybridized carbons (Fsp3) is 0.333. The normalized spacial score (nSPS) is 15.6. The third-order valence-electron chi connectivity index (χ3n) is 4.47. The number of hydrogen-bond donors (Lipinski definition) is 0. The van der Waals surface area contributed by atoms with Gasteiger partial charge in [-0.1, -0.05) is 6.92 Å². The first-order valence-electron chi connectivity index (χ1n) is 8.33. The lowest BCUT2D eigenvalue weighted by atomic mass is 10.2. The van der Waals surface area contributed by atoms with Gasteiger partial charge in [0.1, 0.15) is 0 Å². The number of nitrogens with zero attached hydrogens (tertiary/aromatic N) is 3. The zero-order chi connectivity index (χ0) is 18.7. The van der Waals surface area contributed by atoms with Gasteiger partial charge in [-0.05, 0) is 47.7 Å². The van der Waals surface area contributed by atoms with Gasteiger partial charge in [-0.15, -0.1) is 11.3 Å². The largest absolute Gasteiger partial charge is 0.335 e. The molecule has 0 radical (unpaired) electrons. The van der Waals surface area contributed by atoms with Crippen LogP contribution in [0.5, 0.6) is 0 Å². The van der Waals surface area contributed by atoms with Crippen LogP contribution in [0.25, 0.3) is 0 Å². The van der Waals surface area contributed by atoms with Crippen LogP contribution in [0, 0.1) is 11.3 Å². The van der Waals surface area contributed by atoms with E-state index in [2.05, 4.69) is 0 Å². The van der Waals surface area contributed by atoms with E-state index in [1.807, 2.05) is 24.4 Å². The molecule has 0 unspecified atom stereocenters. The Morgan fingerprint density at radius 1 is 1.15 bits per heavy atom. The highest BCUT2D eigenvalue weighted by Crippen LogP contribution is 2.22. The summed E-state index contributed by atoms with van der Waals surface area (Å²) in [6.07, 6.45) is 0.803. The lowest BCUT2D eigenvalue weighted by molar-refractivity contribution is 0.0702. The summed E-state index contributed by atoms with van der Waals surface area (Å²) in [5.74, 6) is -0.0210. The molecule has 1 aromatic heterocycles. The number of thiophene rings is 1. The maximum absolute atomic E-state index is 12.7. The topological polar surface area (TPSA) is 81.5 Å². The molecule has 1 amide bonds. The summed E-state index contributed by atoms with van der Waals surface area (Å²) in [5.41, 5.74) is 1.45. The first-order chi connectivity index (χ1) is 12.5. The number of piperazine rings is 1. The van der Waals surface area contributed by atoms with Crippen molar-refractivity contribution in [3.05, 3.63) is 51.7 Å². The van der Waals surface area contributed by atoms with Crippen LogP contribution >= 0.6 is 11.3 Å². The molecular weight excluding hydrogens is 370 g/mol. The molecule has 0 atom stereocenters. The standard InChI is InChI=1S/C18H19N3O3S2/c1-2-15-7-12-25-17(15)18(22)20-8-10-21(11-9-20)26(23,24)16-5-3-14(13-19)4-6-16/h3-7,12H,2,8-11H2,1H3. The summed E-state index contributed by atoms with van der Waals surface area (Å²) in [6.45, 7) is 3.29. The van der Waals surface area contributed by atoms with Gasteiger partial charge in [-0.25, -0.2) is 8.42 Å². The Bertz CT molecular complexity index is 935. The second-order valence-corrected chi connectivity index (χ2v) is 8.82. The lowest BCUT2D eigenvalue weighted by Gasteiger charge is -2.34. The van der Waals surface area contributed by atoms with Crippen LogP contribution in [-0.4, -0.2) is 49.7 Å². The maximum atomic E-state index is 12.7. The number of benzene rings is 1. The van der Waals surface area contributed by atoms with Gasteiger partial charge in [0.25, 0.3) is 5.91 Å². The molecule has 2 aromatic rings. The van der Waals surface area contributed by atoms with Gasteiger partial charge in [0.15, 0.2) is 0 Å². The van der Waals surface area contributed by atoms with Gasteiger partial charge < -0.3 is 4.90 Å². The minimum Gasteiger partial charge on any atom is -0.335 e. The molecule has 0 N–H and O–H groups in total. The van der Waals surface area contributed by atoms with E-state index in [1.54, 1.807) is 4.90 Å².